The molecule has 1 fully saturated rings. The Balaban J connectivity index is 2.37. The average molecular weight is 253 g/mol. The molecule has 1 saturated heterocycles. The van der Waals surface area contributed by atoms with Crippen molar-refractivity contribution in [1.82, 2.24) is 10.3 Å². The van der Waals surface area contributed by atoms with E-state index in [0.29, 0.717) is 0 Å². The summed E-state index contributed by atoms with van der Waals surface area (Å²) in [6.45, 7) is 4.23. The van der Waals surface area contributed by atoms with Crippen LogP contribution in [-0.4, -0.2) is 29.5 Å². The maximum atomic E-state index is 12.5. The van der Waals surface area contributed by atoms with Crippen molar-refractivity contribution in [2.24, 2.45) is 0 Å². The number of hydrogen-bond donors (Lipinski definition) is 1. The first kappa shape index (κ1) is 12.5. The van der Waals surface area contributed by atoms with Gasteiger partial charge in [-0.3, -0.25) is 9.69 Å². The van der Waals surface area contributed by atoms with Crippen molar-refractivity contribution >= 4 is 23.1 Å². The number of hydrogen-bond acceptors (Lipinski definition) is 4. The summed E-state index contributed by atoms with van der Waals surface area (Å²) in [5, 5.41) is 5.05. The second-order valence-corrected chi connectivity index (χ2v) is 5.78. The number of thiazole rings is 1. The van der Waals surface area contributed by atoms with Gasteiger partial charge in [0, 0.05) is 10.9 Å². The Bertz CT molecular complexity index is 388. The zero-order chi connectivity index (χ0) is 12.5. The van der Waals surface area contributed by atoms with Crippen LogP contribution in [-0.2, 0) is 4.79 Å². The molecule has 1 unspecified atom stereocenters. The summed E-state index contributed by atoms with van der Waals surface area (Å²) in [5.41, 5.74) is 1.62. The van der Waals surface area contributed by atoms with E-state index in [2.05, 4.69) is 24.1 Å². The average Bonchev–Trinajstić information content (AvgIpc) is 2.73. The number of anilines is 1. The van der Waals surface area contributed by atoms with Crippen LogP contribution in [0.25, 0.3) is 0 Å². The molecule has 1 aliphatic rings. The number of aromatic nitrogens is 1. The molecule has 0 aliphatic carbocycles. The number of rotatable bonds is 2. The maximum Gasteiger partial charge on any atom is 0.245 e. The van der Waals surface area contributed by atoms with Crippen LogP contribution in [0.3, 0.4) is 0 Å². The van der Waals surface area contributed by atoms with Crippen LogP contribution in [0.2, 0.25) is 0 Å². The van der Waals surface area contributed by atoms with Gasteiger partial charge in [-0.2, -0.15) is 0 Å². The lowest BCUT2D eigenvalue weighted by atomic mass is 9.97. The zero-order valence-corrected chi connectivity index (χ0v) is 11.4. The normalized spacial score (nSPS) is 24.8. The molecule has 1 aromatic rings. The van der Waals surface area contributed by atoms with Crippen LogP contribution >= 0.6 is 11.3 Å². The Morgan fingerprint density at radius 3 is 2.94 bits per heavy atom. The second-order valence-electron chi connectivity index (χ2n) is 5.07. The van der Waals surface area contributed by atoms with Gasteiger partial charge in [-0.15, -0.1) is 11.3 Å². The Morgan fingerprint density at radius 1 is 1.59 bits per heavy atom. The highest BCUT2D eigenvalue weighted by atomic mass is 32.1. The van der Waals surface area contributed by atoms with Gasteiger partial charge < -0.3 is 5.32 Å². The van der Waals surface area contributed by atoms with Gasteiger partial charge in [0.05, 0.1) is 11.6 Å². The largest absolute Gasteiger partial charge is 0.309 e. The van der Waals surface area contributed by atoms with Crippen LogP contribution < -0.4 is 10.2 Å². The predicted molar refractivity (Wildman–Crippen MR) is 70.4 cm³/mol. The Hall–Kier alpha value is -0.940. The molecule has 1 N–H and O–H groups in total. The predicted octanol–water partition coefficient (Wildman–Crippen LogP) is 2.03. The molecule has 5 heteroatoms. The molecule has 17 heavy (non-hydrogen) atoms. The van der Waals surface area contributed by atoms with E-state index < -0.39 is 0 Å². The molecule has 0 radical (unpaired) electrons. The van der Waals surface area contributed by atoms with Gasteiger partial charge in [0.15, 0.2) is 0 Å². The fourth-order valence-electron chi connectivity index (χ4n) is 2.44. The van der Waals surface area contributed by atoms with E-state index in [0.717, 1.165) is 25.1 Å². The number of amides is 1. The third-order valence-corrected chi connectivity index (χ3v) is 3.98. The molecular weight excluding hydrogens is 234 g/mol. The molecular formula is C12H19N3OS. The number of carbonyl (C=O) groups is 1. The van der Waals surface area contributed by atoms with Gasteiger partial charge in [-0.05, 0) is 40.2 Å². The van der Waals surface area contributed by atoms with Crippen molar-refractivity contribution in [3.8, 4) is 0 Å². The highest BCUT2D eigenvalue weighted by Crippen LogP contribution is 2.32. The number of nitrogens with one attached hydrogen (secondary N) is 1. The van der Waals surface area contributed by atoms with Crippen LogP contribution in [0, 0.1) is 0 Å². The van der Waals surface area contributed by atoms with E-state index in [-0.39, 0.29) is 17.5 Å². The molecule has 1 aromatic heterocycles. The summed E-state index contributed by atoms with van der Waals surface area (Å²) in [6.07, 6.45) is 2.97. The Labute approximate surface area is 106 Å². The first-order chi connectivity index (χ1) is 8.06. The van der Waals surface area contributed by atoms with Crippen LogP contribution in [0.1, 0.15) is 33.1 Å². The lowest BCUT2D eigenvalue weighted by molar-refractivity contribution is -0.121. The van der Waals surface area contributed by atoms with Crippen molar-refractivity contribution in [2.75, 3.05) is 11.9 Å². The van der Waals surface area contributed by atoms with Crippen molar-refractivity contribution in [1.29, 1.82) is 0 Å². The highest BCUT2D eigenvalue weighted by Gasteiger charge is 2.38. The summed E-state index contributed by atoms with van der Waals surface area (Å²) in [4.78, 5) is 18.7. The fraction of sp³-hybridized carbons (Fsp3) is 0.667. The van der Waals surface area contributed by atoms with E-state index >= 15 is 0 Å². The molecule has 4 nitrogen and oxygen atoms in total. The van der Waals surface area contributed by atoms with E-state index in [4.69, 9.17) is 0 Å². The van der Waals surface area contributed by atoms with Crippen molar-refractivity contribution < 1.29 is 4.79 Å². The quantitative estimate of drug-likeness (QED) is 0.877. The van der Waals surface area contributed by atoms with Crippen LogP contribution in [0.4, 0.5) is 5.82 Å². The van der Waals surface area contributed by atoms with Gasteiger partial charge in [-0.1, -0.05) is 0 Å². The second kappa shape index (κ2) is 4.74. The monoisotopic (exact) mass is 253 g/mol. The molecule has 2 rings (SSSR count). The first-order valence-corrected chi connectivity index (χ1v) is 6.90. The lowest BCUT2D eigenvalue weighted by Crippen LogP contribution is -2.52. The maximum absolute atomic E-state index is 12.5. The van der Waals surface area contributed by atoms with E-state index in [1.807, 2.05) is 17.3 Å². The number of carbonyl (C=O) groups excluding carboxylic acids is 1. The minimum atomic E-state index is -0.156. The van der Waals surface area contributed by atoms with Gasteiger partial charge in [0.2, 0.25) is 5.91 Å². The summed E-state index contributed by atoms with van der Waals surface area (Å²) in [5.74, 6) is 0.924. The van der Waals surface area contributed by atoms with Crippen LogP contribution in [0.15, 0.2) is 10.9 Å². The topological polar surface area (TPSA) is 45.2 Å². The summed E-state index contributed by atoms with van der Waals surface area (Å²) < 4.78 is 0. The highest BCUT2D eigenvalue weighted by molar-refractivity contribution is 7.07. The smallest absolute Gasteiger partial charge is 0.245 e. The van der Waals surface area contributed by atoms with Gasteiger partial charge in [0.1, 0.15) is 5.82 Å². The Morgan fingerprint density at radius 2 is 2.35 bits per heavy atom. The molecule has 1 aliphatic heterocycles. The van der Waals surface area contributed by atoms with E-state index in [9.17, 15) is 4.79 Å². The SMILES string of the molecule is CNC1CCCC(C)(C)N(c2cscn2)C1=O. The Kier molecular flexibility index (Phi) is 3.49. The standard InChI is InChI=1S/C12H19N3OS/c1-12(2)6-4-5-9(13-3)11(16)15(12)10-7-17-8-14-10/h7-9,13H,4-6H2,1-3H3. The molecule has 0 spiro atoms. The first-order valence-electron chi connectivity index (χ1n) is 5.96. The number of nitrogens with zero attached hydrogens (tertiary/aromatic N) is 2. The summed E-state index contributed by atoms with van der Waals surface area (Å²) in [7, 11) is 1.85. The molecule has 0 saturated carbocycles. The molecule has 0 aromatic carbocycles. The number of likely N-dealkylation sites (N-methyl/N-ethyl adjacent to an activating group) is 1. The third-order valence-electron chi connectivity index (χ3n) is 3.40. The van der Waals surface area contributed by atoms with E-state index in [1.54, 1.807) is 5.51 Å². The van der Waals surface area contributed by atoms with Gasteiger partial charge in [-0.25, -0.2) is 4.98 Å². The van der Waals surface area contributed by atoms with Crippen molar-refractivity contribution in [3.05, 3.63) is 10.9 Å². The molecule has 1 amide bonds. The zero-order valence-electron chi connectivity index (χ0n) is 10.6. The summed E-state index contributed by atoms with van der Waals surface area (Å²) >= 11 is 1.53. The minimum Gasteiger partial charge on any atom is -0.309 e. The molecule has 1 atom stereocenters. The lowest BCUT2D eigenvalue weighted by Gasteiger charge is -2.36. The van der Waals surface area contributed by atoms with Crippen LogP contribution in [0.5, 0.6) is 0 Å². The van der Waals surface area contributed by atoms with Crippen molar-refractivity contribution in [3.63, 3.8) is 0 Å². The van der Waals surface area contributed by atoms with Crippen molar-refractivity contribution in [2.45, 2.75) is 44.7 Å². The summed E-state index contributed by atoms with van der Waals surface area (Å²) in [6, 6.07) is -0.0847. The minimum absolute atomic E-state index is 0.0847. The molecule has 0 bridgehead atoms. The van der Waals surface area contributed by atoms with Gasteiger partial charge in [0.25, 0.3) is 0 Å². The third kappa shape index (κ3) is 2.35. The molecule has 2 heterocycles. The van der Waals surface area contributed by atoms with Gasteiger partial charge >= 0.3 is 0 Å². The van der Waals surface area contributed by atoms with E-state index in [1.165, 1.54) is 11.3 Å². The molecule has 94 valence electrons. The fourth-order valence-corrected chi connectivity index (χ4v) is 2.95.